The highest BCUT2D eigenvalue weighted by molar-refractivity contribution is 6.10. The number of carbonyl (C=O) groups excluding carboxylic acids is 4. The molecule has 0 spiro atoms. The highest BCUT2D eigenvalue weighted by Gasteiger charge is 2.24. The van der Waals surface area contributed by atoms with Crippen molar-refractivity contribution in [1.82, 2.24) is 9.97 Å². The molecule has 170 valence electrons. The number of rotatable bonds is 7. The molecule has 0 aliphatic heterocycles. The minimum Gasteiger partial charge on any atom is -0.465 e. The first kappa shape index (κ1) is 23.1. The Morgan fingerprint density at radius 1 is 0.939 bits per heavy atom. The van der Waals surface area contributed by atoms with Crippen LogP contribution in [0.15, 0.2) is 51.4 Å². The van der Waals surface area contributed by atoms with Crippen molar-refractivity contribution < 1.29 is 28.7 Å². The lowest BCUT2D eigenvalue weighted by Gasteiger charge is -2.10. The number of methoxy groups -OCH3 is 2. The van der Waals surface area contributed by atoms with E-state index in [1.54, 1.807) is 6.07 Å². The Balaban J connectivity index is 1.90. The molecule has 0 aliphatic rings. The lowest BCUT2D eigenvalue weighted by Crippen LogP contribution is -2.31. The minimum atomic E-state index is -1.54. The third-order valence-corrected chi connectivity index (χ3v) is 4.52. The molecule has 33 heavy (non-hydrogen) atoms. The maximum absolute atomic E-state index is 12.7. The predicted octanol–water partition coefficient (Wildman–Crippen LogP) is 2.11. The molecular formula is C21H19N5O7. The number of esters is 2. The second kappa shape index (κ2) is 9.68. The predicted molar refractivity (Wildman–Crippen MR) is 116 cm³/mol. The van der Waals surface area contributed by atoms with Gasteiger partial charge in [0, 0.05) is 5.69 Å². The molecule has 0 aliphatic carbocycles. The standard InChI is InChI=1S/C21H19N5O7/c1-10(27)17(18(28)22-12-5-7-14-16(9-12)24-21(31)23-14)26-25-15-8-11(19(29)32-2)4-6-13(15)20(30)33-3/h4-9,17H,1-3H3,(H,22,28)(H2,23,24,31)/t17-/m1/s1. The number of nitrogens with zero attached hydrogens (tertiary/aromatic N) is 2. The van der Waals surface area contributed by atoms with E-state index in [4.69, 9.17) is 4.74 Å². The molecule has 3 aromatic rings. The number of H-pyrrole nitrogens is 2. The molecule has 12 heteroatoms. The first-order chi connectivity index (χ1) is 15.7. The third-order valence-electron chi connectivity index (χ3n) is 4.52. The van der Waals surface area contributed by atoms with Crippen molar-refractivity contribution in [3.05, 3.63) is 58.0 Å². The number of hydrogen-bond donors (Lipinski definition) is 3. The number of fused-ring (bicyclic) bond motifs is 1. The van der Waals surface area contributed by atoms with E-state index >= 15 is 0 Å². The zero-order valence-electron chi connectivity index (χ0n) is 17.8. The van der Waals surface area contributed by atoms with Gasteiger partial charge in [0.15, 0.2) is 5.78 Å². The number of anilines is 1. The summed E-state index contributed by atoms with van der Waals surface area (Å²) in [7, 11) is 2.35. The van der Waals surface area contributed by atoms with E-state index < -0.39 is 35.4 Å². The largest absolute Gasteiger partial charge is 0.465 e. The minimum absolute atomic E-state index is 0.0292. The SMILES string of the molecule is COC(=O)c1ccc(C(=O)OC)c(N=N[C@H](C(C)=O)C(=O)Nc2ccc3[nH]c(=O)[nH]c3c2)c1. The van der Waals surface area contributed by atoms with Gasteiger partial charge in [-0.25, -0.2) is 14.4 Å². The van der Waals surface area contributed by atoms with Crippen molar-refractivity contribution in [3.63, 3.8) is 0 Å². The number of nitrogens with one attached hydrogen (secondary N) is 3. The lowest BCUT2D eigenvalue weighted by molar-refractivity contribution is -0.126. The van der Waals surface area contributed by atoms with Crippen LogP contribution in [-0.2, 0) is 19.1 Å². The molecule has 3 rings (SSSR count). The van der Waals surface area contributed by atoms with Crippen LogP contribution in [0.5, 0.6) is 0 Å². The molecule has 0 fully saturated rings. The van der Waals surface area contributed by atoms with Gasteiger partial charge in [-0.05, 0) is 43.3 Å². The highest BCUT2D eigenvalue weighted by atomic mass is 16.5. The van der Waals surface area contributed by atoms with E-state index in [9.17, 15) is 24.0 Å². The van der Waals surface area contributed by atoms with Gasteiger partial charge in [-0.2, -0.15) is 10.2 Å². The van der Waals surface area contributed by atoms with Gasteiger partial charge in [0.05, 0.1) is 36.4 Å². The summed E-state index contributed by atoms with van der Waals surface area (Å²) in [6.45, 7) is 1.15. The Kier molecular flexibility index (Phi) is 6.77. The number of hydrogen-bond acceptors (Lipinski definition) is 9. The quantitative estimate of drug-likeness (QED) is 0.279. The average molecular weight is 453 g/mol. The molecule has 0 saturated heterocycles. The lowest BCUT2D eigenvalue weighted by atomic mass is 10.1. The molecule has 0 unspecified atom stereocenters. The molecule has 1 aromatic heterocycles. The molecule has 0 bridgehead atoms. The van der Waals surface area contributed by atoms with Gasteiger partial charge in [-0.3, -0.25) is 9.59 Å². The molecule has 0 radical (unpaired) electrons. The highest BCUT2D eigenvalue weighted by Crippen LogP contribution is 2.24. The van der Waals surface area contributed by atoms with Gasteiger partial charge < -0.3 is 24.8 Å². The summed E-state index contributed by atoms with van der Waals surface area (Å²) in [6.07, 6.45) is 0. The van der Waals surface area contributed by atoms with E-state index in [1.807, 2.05) is 0 Å². The van der Waals surface area contributed by atoms with Crippen molar-refractivity contribution in [2.45, 2.75) is 13.0 Å². The first-order valence-corrected chi connectivity index (χ1v) is 9.48. The topological polar surface area (TPSA) is 172 Å². The van der Waals surface area contributed by atoms with Crippen molar-refractivity contribution in [3.8, 4) is 0 Å². The molecule has 0 saturated carbocycles. The van der Waals surface area contributed by atoms with Gasteiger partial charge in [0.2, 0.25) is 6.04 Å². The number of carbonyl (C=O) groups is 4. The number of Topliss-reactive ketones (excluding diaryl/α,β-unsaturated/α-hetero) is 1. The maximum Gasteiger partial charge on any atom is 0.340 e. The van der Waals surface area contributed by atoms with Crippen molar-refractivity contribution in [2.24, 2.45) is 10.2 Å². The zero-order chi connectivity index (χ0) is 24.1. The number of ketones is 1. The van der Waals surface area contributed by atoms with E-state index in [1.165, 1.54) is 37.4 Å². The summed E-state index contributed by atoms with van der Waals surface area (Å²) in [6, 6.07) is 6.94. The van der Waals surface area contributed by atoms with E-state index in [0.29, 0.717) is 16.7 Å². The van der Waals surface area contributed by atoms with E-state index in [0.717, 1.165) is 14.0 Å². The second-order valence-electron chi connectivity index (χ2n) is 6.77. The molecule has 1 amide bonds. The van der Waals surface area contributed by atoms with Gasteiger partial charge in [0.1, 0.15) is 5.69 Å². The zero-order valence-corrected chi connectivity index (χ0v) is 17.8. The number of aromatic amines is 2. The fourth-order valence-electron chi connectivity index (χ4n) is 2.90. The monoisotopic (exact) mass is 453 g/mol. The molecule has 3 N–H and O–H groups in total. The molecule has 2 aromatic carbocycles. The molecule has 12 nitrogen and oxygen atoms in total. The van der Waals surface area contributed by atoms with Crippen LogP contribution in [0.25, 0.3) is 11.0 Å². The van der Waals surface area contributed by atoms with Gasteiger partial charge in [-0.1, -0.05) is 0 Å². The second-order valence-corrected chi connectivity index (χ2v) is 6.77. The Bertz CT molecular complexity index is 1340. The fraction of sp³-hybridized carbons (Fsp3) is 0.190. The van der Waals surface area contributed by atoms with Crippen molar-refractivity contribution in [2.75, 3.05) is 19.5 Å². The van der Waals surface area contributed by atoms with Crippen LogP contribution >= 0.6 is 0 Å². The van der Waals surface area contributed by atoms with Crippen molar-refractivity contribution in [1.29, 1.82) is 0 Å². The average Bonchev–Trinajstić information content (AvgIpc) is 3.17. The van der Waals surface area contributed by atoms with E-state index in [-0.39, 0.29) is 16.8 Å². The first-order valence-electron chi connectivity index (χ1n) is 9.48. The van der Waals surface area contributed by atoms with Crippen LogP contribution in [0.4, 0.5) is 11.4 Å². The third kappa shape index (κ3) is 5.18. The summed E-state index contributed by atoms with van der Waals surface area (Å²) in [5.74, 6) is -2.83. The maximum atomic E-state index is 12.7. The Morgan fingerprint density at radius 3 is 2.30 bits per heavy atom. The van der Waals surface area contributed by atoms with Crippen LogP contribution in [0.2, 0.25) is 0 Å². The fourth-order valence-corrected chi connectivity index (χ4v) is 2.90. The number of ether oxygens (including phenoxy) is 2. The number of amides is 1. The smallest absolute Gasteiger partial charge is 0.340 e. The van der Waals surface area contributed by atoms with Crippen LogP contribution in [0.1, 0.15) is 27.6 Å². The van der Waals surface area contributed by atoms with Gasteiger partial charge in [0.25, 0.3) is 5.91 Å². The van der Waals surface area contributed by atoms with E-state index in [2.05, 4.69) is 30.3 Å². The number of benzene rings is 2. The van der Waals surface area contributed by atoms with Crippen LogP contribution < -0.4 is 11.0 Å². The van der Waals surface area contributed by atoms with Crippen LogP contribution in [-0.4, -0.2) is 53.9 Å². The normalized spacial score (nSPS) is 11.8. The summed E-state index contributed by atoms with van der Waals surface area (Å²) in [4.78, 5) is 65.1. The van der Waals surface area contributed by atoms with Crippen LogP contribution in [0.3, 0.4) is 0 Å². The number of imidazole rings is 1. The molecular weight excluding hydrogens is 434 g/mol. The number of azo groups is 1. The summed E-state index contributed by atoms with van der Waals surface area (Å²) < 4.78 is 9.34. The Morgan fingerprint density at radius 2 is 1.64 bits per heavy atom. The summed E-state index contributed by atoms with van der Waals surface area (Å²) >= 11 is 0. The van der Waals surface area contributed by atoms with Crippen molar-refractivity contribution >= 4 is 46.0 Å². The van der Waals surface area contributed by atoms with Crippen LogP contribution in [0, 0.1) is 0 Å². The Hall–Kier alpha value is -4.61. The molecule has 1 heterocycles. The van der Waals surface area contributed by atoms with Gasteiger partial charge >= 0.3 is 17.6 Å². The summed E-state index contributed by atoms with van der Waals surface area (Å²) in [5.41, 5.74) is 0.875. The number of aromatic nitrogens is 2. The molecule has 1 atom stereocenters. The Labute approximate surface area is 186 Å². The van der Waals surface area contributed by atoms with Gasteiger partial charge in [-0.15, -0.1) is 0 Å². The summed E-state index contributed by atoms with van der Waals surface area (Å²) in [5, 5.41) is 10.2.